The second kappa shape index (κ2) is 13.1. The van der Waals surface area contributed by atoms with E-state index in [9.17, 15) is 14.4 Å². The van der Waals surface area contributed by atoms with Crippen LogP contribution in [0.3, 0.4) is 0 Å². The molecule has 10 heteroatoms. The summed E-state index contributed by atoms with van der Waals surface area (Å²) in [6.07, 6.45) is 2.26. The van der Waals surface area contributed by atoms with Gasteiger partial charge in [-0.3, -0.25) is 14.6 Å². The standard InChI is InChI=1S/C37H38FN3O6/c1-23-5-7-25(8-6-23)18-34(42)37(12-13-37)35(43)19-26-9-10-31(28(38)17-26)46-30-11-14-39-29-21-33(32(45-4)20-27(29)30)47-36(44)41-16-15-40(3)22-24(41)2/h5-11,14,17,20-21,24H,12-13,15-16,18-19,22H2,1-4H3/t24-/m0/s1. The van der Waals surface area contributed by atoms with Gasteiger partial charge < -0.3 is 24.0 Å². The number of hydrogen-bond donors (Lipinski definition) is 0. The molecule has 47 heavy (non-hydrogen) atoms. The van der Waals surface area contributed by atoms with Gasteiger partial charge in [0.15, 0.2) is 34.6 Å². The molecule has 9 nitrogen and oxygen atoms in total. The third-order valence-electron chi connectivity index (χ3n) is 9.13. The molecule has 2 heterocycles. The Balaban J connectivity index is 1.15. The monoisotopic (exact) mass is 639 g/mol. The summed E-state index contributed by atoms with van der Waals surface area (Å²) in [5.41, 5.74) is 1.93. The molecule has 244 valence electrons. The highest BCUT2D eigenvalue weighted by Crippen LogP contribution is 2.49. The maximum Gasteiger partial charge on any atom is 0.415 e. The molecule has 0 radical (unpaired) electrons. The van der Waals surface area contributed by atoms with Crippen molar-refractivity contribution in [1.29, 1.82) is 0 Å². The number of benzene rings is 3. The molecule has 3 aromatic carbocycles. The number of amides is 1. The number of aromatic nitrogens is 1. The van der Waals surface area contributed by atoms with E-state index in [1.807, 2.05) is 45.2 Å². The Bertz CT molecular complexity index is 1840. The molecule has 0 N–H and O–H groups in total. The van der Waals surface area contributed by atoms with Crippen LogP contribution in [0.25, 0.3) is 10.9 Å². The lowest BCUT2D eigenvalue weighted by Gasteiger charge is -2.37. The molecule has 1 aliphatic heterocycles. The van der Waals surface area contributed by atoms with Crippen LogP contribution in [0, 0.1) is 18.2 Å². The topological polar surface area (TPSA) is 98.3 Å². The van der Waals surface area contributed by atoms with E-state index in [1.54, 1.807) is 29.2 Å². The van der Waals surface area contributed by atoms with Gasteiger partial charge in [-0.25, -0.2) is 9.18 Å². The summed E-state index contributed by atoms with van der Waals surface area (Å²) in [7, 11) is 3.48. The average Bonchev–Trinajstić information content (AvgIpc) is 3.86. The van der Waals surface area contributed by atoms with Crippen LogP contribution in [0.2, 0.25) is 0 Å². The van der Waals surface area contributed by atoms with Crippen molar-refractivity contribution < 1.29 is 33.0 Å². The number of carbonyl (C=O) groups is 3. The maximum absolute atomic E-state index is 15.4. The molecule has 1 aliphatic carbocycles. The molecule has 4 aromatic rings. The minimum Gasteiger partial charge on any atom is -0.493 e. The number of pyridine rings is 1. The molecule has 0 bridgehead atoms. The lowest BCUT2D eigenvalue weighted by molar-refractivity contribution is -0.133. The van der Waals surface area contributed by atoms with Gasteiger partial charge in [-0.2, -0.15) is 0 Å². The van der Waals surface area contributed by atoms with Gasteiger partial charge in [0.25, 0.3) is 0 Å². The Morgan fingerprint density at radius 1 is 0.894 bits per heavy atom. The first kappa shape index (κ1) is 32.1. The predicted octanol–water partition coefficient (Wildman–Crippen LogP) is 6.32. The van der Waals surface area contributed by atoms with Gasteiger partial charge in [0.1, 0.15) is 5.75 Å². The molecule has 6 rings (SSSR count). The minimum atomic E-state index is -0.985. The number of piperazine rings is 1. The number of methoxy groups -OCH3 is 1. The van der Waals surface area contributed by atoms with Crippen LogP contribution in [-0.2, 0) is 22.4 Å². The van der Waals surface area contributed by atoms with Crippen molar-refractivity contribution in [3.05, 3.63) is 89.4 Å². The number of halogens is 1. The van der Waals surface area contributed by atoms with Crippen LogP contribution in [0.15, 0.2) is 66.9 Å². The van der Waals surface area contributed by atoms with Crippen molar-refractivity contribution in [2.75, 3.05) is 33.8 Å². The Morgan fingerprint density at radius 2 is 1.60 bits per heavy atom. The Hall–Kier alpha value is -4.83. The Morgan fingerprint density at radius 3 is 2.26 bits per heavy atom. The molecular weight excluding hydrogens is 601 g/mol. The van der Waals surface area contributed by atoms with E-state index in [2.05, 4.69) is 9.88 Å². The predicted molar refractivity (Wildman–Crippen MR) is 175 cm³/mol. The number of nitrogens with zero attached hydrogens (tertiary/aromatic N) is 3. The third-order valence-corrected chi connectivity index (χ3v) is 9.13. The van der Waals surface area contributed by atoms with Crippen LogP contribution in [-0.4, -0.2) is 72.3 Å². The van der Waals surface area contributed by atoms with Gasteiger partial charge in [0.05, 0.1) is 18.0 Å². The molecular formula is C37H38FN3O6. The lowest BCUT2D eigenvalue weighted by atomic mass is 9.87. The highest BCUT2D eigenvalue weighted by Gasteiger charge is 2.54. The van der Waals surface area contributed by atoms with E-state index in [0.29, 0.717) is 47.4 Å². The summed E-state index contributed by atoms with van der Waals surface area (Å²) in [6, 6.07) is 16.9. The fourth-order valence-electron chi connectivity index (χ4n) is 6.13. The summed E-state index contributed by atoms with van der Waals surface area (Å²) in [5, 5.41) is 0.526. The summed E-state index contributed by atoms with van der Waals surface area (Å²) in [5.74, 6) is -0.122. The molecule has 0 spiro atoms. The number of rotatable bonds is 10. The number of ether oxygens (including phenoxy) is 3. The zero-order valence-corrected chi connectivity index (χ0v) is 27.0. The van der Waals surface area contributed by atoms with Gasteiger partial charge in [-0.15, -0.1) is 0 Å². The highest BCUT2D eigenvalue weighted by atomic mass is 19.1. The zero-order valence-electron chi connectivity index (χ0n) is 27.0. The fraction of sp³-hybridized carbons (Fsp3) is 0.351. The number of aryl methyl sites for hydroxylation is 1. The number of likely N-dealkylation sites (N-methyl/N-ethyl adjacent to an activating group) is 1. The maximum atomic E-state index is 15.4. The van der Waals surface area contributed by atoms with E-state index in [-0.39, 0.29) is 41.9 Å². The van der Waals surface area contributed by atoms with Crippen molar-refractivity contribution in [2.24, 2.45) is 5.41 Å². The zero-order chi connectivity index (χ0) is 33.3. The van der Waals surface area contributed by atoms with Crippen molar-refractivity contribution in [3.8, 4) is 23.0 Å². The number of fused-ring (bicyclic) bond motifs is 1. The van der Waals surface area contributed by atoms with Crippen LogP contribution in [0.4, 0.5) is 9.18 Å². The molecule has 2 fully saturated rings. The largest absolute Gasteiger partial charge is 0.493 e. The van der Waals surface area contributed by atoms with Gasteiger partial charge in [-0.1, -0.05) is 35.9 Å². The van der Waals surface area contributed by atoms with Crippen LogP contribution in [0.1, 0.15) is 36.5 Å². The SMILES string of the molecule is COc1cc2c(Oc3ccc(CC(=O)C4(C(=O)Cc5ccc(C)cc5)CC4)cc3F)ccnc2cc1OC(=O)N1CCN(C)C[C@@H]1C. The van der Waals surface area contributed by atoms with Gasteiger partial charge in [0, 0.05) is 56.2 Å². The number of Topliss-reactive ketones (excluding diaryl/α,β-unsaturated/α-hetero) is 2. The van der Waals surface area contributed by atoms with E-state index in [1.165, 1.54) is 25.4 Å². The molecule has 1 atom stereocenters. The summed E-state index contributed by atoms with van der Waals surface area (Å²) in [4.78, 5) is 47.6. The van der Waals surface area contributed by atoms with Gasteiger partial charge in [-0.05, 0) is 69.1 Å². The second-order valence-electron chi connectivity index (χ2n) is 12.6. The molecule has 1 saturated carbocycles. The first-order chi connectivity index (χ1) is 22.6. The van der Waals surface area contributed by atoms with Crippen molar-refractivity contribution in [2.45, 2.75) is 45.6 Å². The quantitative estimate of drug-likeness (QED) is 0.186. The van der Waals surface area contributed by atoms with E-state index in [4.69, 9.17) is 14.2 Å². The normalized spacial score (nSPS) is 17.3. The van der Waals surface area contributed by atoms with E-state index in [0.717, 1.165) is 24.2 Å². The lowest BCUT2D eigenvalue weighted by Crippen LogP contribution is -2.53. The number of ketones is 2. The van der Waals surface area contributed by atoms with Gasteiger partial charge >= 0.3 is 6.09 Å². The van der Waals surface area contributed by atoms with Gasteiger partial charge in [0.2, 0.25) is 0 Å². The number of hydrogen-bond acceptors (Lipinski definition) is 8. The van der Waals surface area contributed by atoms with Crippen LogP contribution in [0.5, 0.6) is 23.0 Å². The minimum absolute atomic E-state index is 0.00776. The molecule has 1 aromatic heterocycles. The summed E-state index contributed by atoms with van der Waals surface area (Å²) in [6.45, 7) is 6.00. The molecule has 2 aliphatic rings. The third kappa shape index (κ3) is 6.83. The van der Waals surface area contributed by atoms with Crippen molar-refractivity contribution >= 4 is 28.6 Å². The highest BCUT2D eigenvalue weighted by molar-refractivity contribution is 6.11. The van der Waals surface area contributed by atoms with Crippen LogP contribution >= 0.6 is 0 Å². The van der Waals surface area contributed by atoms with Crippen molar-refractivity contribution in [1.82, 2.24) is 14.8 Å². The van der Waals surface area contributed by atoms with Crippen LogP contribution < -0.4 is 14.2 Å². The Kier molecular flexibility index (Phi) is 8.96. The average molecular weight is 640 g/mol. The first-order valence-corrected chi connectivity index (χ1v) is 15.8. The van der Waals surface area contributed by atoms with E-state index < -0.39 is 17.3 Å². The molecule has 0 unspecified atom stereocenters. The van der Waals surface area contributed by atoms with E-state index >= 15 is 4.39 Å². The van der Waals surface area contributed by atoms with Crippen molar-refractivity contribution in [3.63, 3.8) is 0 Å². The fourth-order valence-corrected chi connectivity index (χ4v) is 6.13. The summed E-state index contributed by atoms with van der Waals surface area (Å²) < 4.78 is 32.6. The first-order valence-electron chi connectivity index (χ1n) is 15.8. The number of carbonyl (C=O) groups excluding carboxylic acids is 3. The molecule has 1 amide bonds. The Labute approximate surface area is 273 Å². The smallest absolute Gasteiger partial charge is 0.415 e. The second-order valence-corrected chi connectivity index (χ2v) is 12.6. The molecule has 1 saturated heterocycles. The summed E-state index contributed by atoms with van der Waals surface area (Å²) >= 11 is 0.